The van der Waals surface area contributed by atoms with Crippen LogP contribution >= 0.6 is 0 Å². The highest BCUT2D eigenvalue weighted by Gasteiger charge is 2.49. The minimum atomic E-state index is -4.83. The molecule has 9 nitrogen and oxygen atoms in total. The van der Waals surface area contributed by atoms with Gasteiger partial charge in [-0.2, -0.15) is 23.1 Å². The number of aryl methyl sites for hydroxylation is 1. The second-order valence-corrected chi connectivity index (χ2v) is 11.4. The maximum atomic E-state index is 16.2. The van der Waals surface area contributed by atoms with Gasteiger partial charge >= 0.3 is 12.2 Å². The van der Waals surface area contributed by atoms with Crippen LogP contribution in [0.5, 0.6) is 6.01 Å². The van der Waals surface area contributed by atoms with Gasteiger partial charge in [0.15, 0.2) is 5.82 Å². The van der Waals surface area contributed by atoms with Crippen molar-refractivity contribution in [3.8, 4) is 17.4 Å². The molecule has 3 saturated heterocycles. The first kappa shape index (κ1) is 27.8. The van der Waals surface area contributed by atoms with Crippen molar-refractivity contribution in [2.45, 2.75) is 44.1 Å². The predicted molar refractivity (Wildman–Crippen MR) is 143 cm³/mol. The molecule has 3 aliphatic heterocycles. The van der Waals surface area contributed by atoms with Crippen LogP contribution in [0, 0.1) is 18.7 Å². The van der Waals surface area contributed by atoms with E-state index in [2.05, 4.69) is 30.2 Å². The van der Waals surface area contributed by atoms with Gasteiger partial charge in [0, 0.05) is 51.8 Å². The van der Waals surface area contributed by atoms with Crippen LogP contribution in [-0.4, -0.2) is 82.9 Å². The number of nitrogens with two attached hydrogens (primary N) is 1. The molecular formula is C27H31F5N8O. The van der Waals surface area contributed by atoms with Crippen molar-refractivity contribution in [1.82, 2.24) is 30.2 Å². The summed E-state index contributed by atoms with van der Waals surface area (Å²) in [6.07, 6.45) is -2.54. The Bertz CT molecular complexity index is 1480. The van der Waals surface area contributed by atoms with Gasteiger partial charge in [0.05, 0.1) is 16.5 Å². The average Bonchev–Trinajstić information content (AvgIpc) is 3.39. The molecule has 0 saturated carbocycles. The van der Waals surface area contributed by atoms with Gasteiger partial charge in [0.1, 0.15) is 41.3 Å². The third kappa shape index (κ3) is 5.00. The lowest BCUT2D eigenvalue weighted by molar-refractivity contribution is -0.137. The first-order chi connectivity index (χ1) is 19.4. The molecule has 3 N–H and O–H groups in total. The lowest BCUT2D eigenvalue weighted by Gasteiger charge is -2.32. The molecule has 0 bridgehead atoms. The number of pyridine rings is 2. The number of rotatable bonds is 7. The Morgan fingerprint density at radius 3 is 2.71 bits per heavy atom. The van der Waals surface area contributed by atoms with Crippen LogP contribution in [0.15, 0.2) is 12.3 Å². The molecule has 0 spiro atoms. The van der Waals surface area contributed by atoms with Gasteiger partial charge in [0.2, 0.25) is 0 Å². The topological polar surface area (TPSA) is 105 Å². The van der Waals surface area contributed by atoms with Crippen molar-refractivity contribution in [2.75, 3.05) is 57.0 Å². The van der Waals surface area contributed by atoms with Gasteiger partial charge in [-0.25, -0.2) is 13.8 Å². The van der Waals surface area contributed by atoms with E-state index in [9.17, 15) is 17.6 Å². The first-order valence-corrected chi connectivity index (χ1v) is 13.6. The molecule has 3 aliphatic rings. The number of nitrogens with zero attached hydrogens (tertiary/aromatic N) is 6. The van der Waals surface area contributed by atoms with Crippen molar-refractivity contribution >= 4 is 22.5 Å². The number of ether oxygens (including phenoxy) is 1. The normalized spacial score (nSPS) is 23.1. The van der Waals surface area contributed by atoms with Crippen molar-refractivity contribution in [3.05, 3.63) is 29.2 Å². The lowest BCUT2D eigenvalue weighted by Crippen LogP contribution is -2.47. The van der Waals surface area contributed by atoms with Gasteiger partial charge < -0.3 is 20.7 Å². The SMILES string of the molecule is Cc1cc(N)nc(-c2ncc3c(N(C)CC4CNC4)nc(OC[C@@]45CCCN4C[C@H](F)C5)nc3c2F)c1C(F)(F)F. The largest absolute Gasteiger partial charge is 0.461 e. The highest BCUT2D eigenvalue weighted by Crippen LogP contribution is 2.42. The van der Waals surface area contributed by atoms with E-state index in [1.54, 1.807) is 7.05 Å². The first-order valence-electron chi connectivity index (χ1n) is 13.6. The molecule has 6 rings (SSSR count). The zero-order chi connectivity index (χ0) is 29.1. The molecule has 3 aromatic heterocycles. The number of hydrogen-bond acceptors (Lipinski definition) is 9. The summed E-state index contributed by atoms with van der Waals surface area (Å²) < 4.78 is 78.6. The van der Waals surface area contributed by atoms with Crippen LogP contribution in [0.4, 0.5) is 33.6 Å². The lowest BCUT2D eigenvalue weighted by atomic mass is 9.95. The van der Waals surface area contributed by atoms with Gasteiger partial charge in [-0.05, 0) is 37.9 Å². The van der Waals surface area contributed by atoms with Crippen molar-refractivity contribution in [1.29, 1.82) is 0 Å². The molecule has 0 amide bonds. The molecule has 0 aliphatic carbocycles. The van der Waals surface area contributed by atoms with Gasteiger partial charge in [-0.15, -0.1) is 0 Å². The summed E-state index contributed by atoms with van der Waals surface area (Å²) in [6.45, 7) is 4.68. The minimum absolute atomic E-state index is 0.113. The Labute approximate surface area is 233 Å². The number of alkyl halides is 4. The van der Waals surface area contributed by atoms with E-state index in [1.807, 2.05) is 4.90 Å². The second kappa shape index (κ2) is 10.2. The summed E-state index contributed by atoms with van der Waals surface area (Å²) >= 11 is 0. The molecular weight excluding hydrogens is 547 g/mol. The van der Waals surface area contributed by atoms with Gasteiger partial charge in [-0.1, -0.05) is 0 Å². The fourth-order valence-electron chi connectivity index (χ4n) is 6.37. The number of fused-ring (bicyclic) bond motifs is 2. The number of halogens is 5. The van der Waals surface area contributed by atoms with Crippen LogP contribution in [0.2, 0.25) is 0 Å². The highest BCUT2D eigenvalue weighted by atomic mass is 19.4. The maximum Gasteiger partial charge on any atom is 0.418 e. The number of aromatic nitrogens is 4. The van der Waals surface area contributed by atoms with E-state index in [4.69, 9.17) is 10.5 Å². The van der Waals surface area contributed by atoms with Gasteiger partial charge in [0.25, 0.3) is 0 Å². The van der Waals surface area contributed by atoms with Crippen molar-refractivity contribution in [3.63, 3.8) is 0 Å². The Morgan fingerprint density at radius 2 is 2.00 bits per heavy atom. The third-order valence-corrected chi connectivity index (χ3v) is 8.38. The Balaban J connectivity index is 1.45. The quantitative estimate of drug-likeness (QED) is 0.406. The van der Waals surface area contributed by atoms with E-state index in [0.29, 0.717) is 31.2 Å². The van der Waals surface area contributed by atoms with Crippen LogP contribution in [0.3, 0.4) is 0 Å². The van der Waals surface area contributed by atoms with E-state index >= 15 is 4.39 Å². The third-order valence-electron chi connectivity index (χ3n) is 8.38. The minimum Gasteiger partial charge on any atom is -0.461 e. The Hall–Kier alpha value is -3.39. The fourth-order valence-corrected chi connectivity index (χ4v) is 6.37. The van der Waals surface area contributed by atoms with Crippen LogP contribution < -0.4 is 20.7 Å². The van der Waals surface area contributed by atoms with E-state index < -0.39 is 40.7 Å². The Morgan fingerprint density at radius 1 is 1.22 bits per heavy atom. The van der Waals surface area contributed by atoms with Crippen molar-refractivity contribution in [2.24, 2.45) is 5.92 Å². The molecule has 14 heteroatoms. The number of nitrogen functional groups attached to an aromatic ring is 1. The van der Waals surface area contributed by atoms with E-state index in [0.717, 1.165) is 38.5 Å². The summed E-state index contributed by atoms with van der Waals surface area (Å²) in [5.41, 5.74) is 2.35. The van der Waals surface area contributed by atoms with Gasteiger partial charge in [-0.3, -0.25) is 9.88 Å². The summed E-state index contributed by atoms with van der Waals surface area (Å²) in [4.78, 5) is 20.7. The Kier molecular flexibility index (Phi) is 6.88. The zero-order valence-electron chi connectivity index (χ0n) is 22.7. The van der Waals surface area contributed by atoms with Crippen LogP contribution in [0.25, 0.3) is 22.3 Å². The molecule has 220 valence electrons. The van der Waals surface area contributed by atoms with E-state index in [1.165, 1.54) is 13.1 Å². The molecule has 6 heterocycles. The molecule has 2 atom stereocenters. The average molecular weight is 579 g/mol. The molecule has 41 heavy (non-hydrogen) atoms. The molecule has 0 aromatic carbocycles. The summed E-state index contributed by atoms with van der Waals surface area (Å²) in [7, 11) is 1.79. The predicted octanol–water partition coefficient (Wildman–Crippen LogP) is 3.75. The second-order valence-electron chi connectivity index (χ2n) is 11.4. The van der Waals surface area contributed by atoms with Crippen LogP contribution in [0.1, 0.15) is 30.4 Å². The number of anilines is 2. The van der Waals surface area contributed by atoms with Crippen molar-refractivity contribution < 1.29 is 26.7 Å². The van der Waals surface area contributed by atoms with E-state index in [-0.39, 0.29) is 34.9 Å². The molecule has 0 unspecified atom stereocenters. The number of nitrogens with one attached hydrogen (secondary N) is 1. The fraction of sp³-hybridized carbons (Fsp3) is 0.556. The smallest absolute Gasteiger partial charge is 0.418 e. The summed E-state index contributed by atoms with van der Waals surface area (Å²) in [6, 6.07) is 0.941. The number of hydrogen-bond donors (Lipinski definition) is 2. The standard InChI is InChI=1S/C27H31F5N8O/c1-14-6-18(33)36-22(19(14)27(30,31)32)23-20(29)21-17(10-35-23)24(39(2)11-15-8-34-9-15)38-25(37-21)41-13-26-4-3-5-40(26)12-16(28)7-26/h6,10,15-16,34H,3-5,7-9,11-13H2,1-2H3,(H2,33,36)/t16-,26+/m1/s1. The highest BCUT2D eigenvalue weighted by molar-refractivity contribution is 5.92. The maximum absolute atomic E-state index is 16.2. The van der Waals surface area contributed by atoms with Crippen LogP contribution in [-0.2, 0) is 6.18 Å². The molecule has 3 fully saturated rings. The monoisotopic (exact) mass is 578 g/mol. The zero-order valence-corrected chi connectivity index (χ0v) is 22.7. The molecule has 0 radical (unpaired) electrons. The summed E-state index contributed by atoms with van der Waals surface area (Å²) in [5.74, 6) is -0.622. The molecule has 3 aromatic rings. The summed E-state index contributed by atoms with van der Waals surface area (Å²) in [5, 5.41) is 3.42.